The number of ether oxygens (including phenoxy) is 3. The van der Waals surface area contributed by atoms with Crippen LogP contribution in [0.3, 0.4) is 0 Å². The van der Waals surface area contributed by atoms with E-state index in [0.717, 1.165) is 86.8 Å². The van der Waals surface area contributed by atoms with E-state index in [1.165, 1.54) is 5.56 Å². The topological polar surface area (TPSA) is 71.5 Å². The third kappa shape index (κ3) is 7.62. The molecule has 1 atom stereocenters. The molecule has 1 unspecified atom stereocenters. The van der Waals surface area contributed by atoms with E-state index in [9.17, 15) is 9.90 Å². The van der Waals surface area contributed by atoms with Crippen molar-refractivity contribution in [1.82, 2.24) is 9.80 Å². The molecule has 0 aromatic heterocycles. The number of aliphatic hydroxyl groups is 1. The van der Waals surface area contributed by atoms with Crippen LogP contribution in [0.1, 0.15) is 55.2 Å². The molecule has 4 rings (SSSR count). The summed E-state index contributed by atoms with van der Waals surface area (Å²) in [6, 6.07) is 12.2. The minimum Gasteiger partial charge on any atom is -0.493 e. The summed E-state index contributed by atoms with van der Waals surface area (Å²) in [5.74, 6) is 2.55. The predicted molar refractivity (Wildman–Crippen MR) is 144 cm³/mol. The Balaban J connectivity index is 1.28. The molecule has 0 saturated carbocycles. The van der Waals surface area contributed by atoms with Gasteiger partial charge in [-0.2, -0.15) is 0 Å². The summed E-state index contributed by atoms with van der Waals surface area (Å²) < 4.78 is 17.6. The maximum absolute atomic E-state index is 11.8. The minimum atomic E-state index is -0.822. The van der Waals surface area contributed by atoms with Crippen LogP contribution in [-0.2, 0) is 11.3 Å². The Morgan fingerprint density at radius 1 is 0.946 bits per heavy atom. The standard InChI is InChI=1S/C30H42N2O5/c1-23-8-10-26(24(2)19-23)37-22-30(34)12-5-14-31(17-13-30)21-25-9-11-27(35-3)28(20-25)36-18-6-16-32-15-4-7-29(32)33/h8-11,19-20,34H,4-7,12-18,21-22H2,1-3H3. The summed E-state index contributed by atoms with van der Waals surface area (Å²) in [7, 11) is 1.65. The molecule has 0 spiro atoms. The van der Waals surface area contributed by atoms with Crippen molar-refractivity contribution in [3.8, 4) is 17.2 Å². The van der Waals surface area contributed by atoms with Gasteiger partial charge in [-0.1, -0.05) is 23.8 Å². The SMILES string of the molecule is COc1ccc(CN2CCCC(O)(COc3ccc(C)cc3C)CC2)cc1OCCCN1CCCC1=O. The molecule has 1 amide bonds. The van der Waals surface area contributed by atoms with Crippen LogP contribution in [0.15, 0.2) is 36.4 Å². The Bertz CT molecular complexity index is 1060. The average molecular weight is 511 g/mol. The first-order valence-electron chi connectivity index (χ1n) is 13.6. The van der Waals surface area contributed by atoms with Crippen molar-refractivity contribution in [2.24, 2.45) is 0 Å². The molecule has 2 aliphatic heterocycles. The van der Waals surface area contributed by atoms with E-state index in [4.69, 9.17) is 14.2 Å². The van der Waals surface area contributed by atoms with Crippen LogP contribution < -0.4 is 14.2 Å². The first kappa shape index (κ1) is 27.3. The molecule has 2 saturated heterocycles. The van der Waals surface area contributed by atoms with Gasteiger partial charge in [-0.25, -0.2) is 0 Å². The summed E-state index contributed by atoms with van der Waals surface area (Å²) in [4.78, 5) is 16.1. The van der Waals surface area contributed by atoms with Crippen molar-refractivity contribution >= 4 is 5.91 Å². The minimum absolute atomic E-state index is 0.251. The van der Waals surface area contributed by atoms with E-state index in [1.54, 1.807) is 7.11 Å². The third-order valence-corrected chi connectivity index (χ3v) is 7.47. The van der Waals surface area contributed by atoms with E-state index >= 15 is 0 Å². The van der Waals surface area contributed by atoms with E-state index in [-0.39, 0.29) is 5.91 Å². The number of nitrogens with zero attached hydrogens (tertiary/aromatic N) is 2. The van der Waals surface area contributed by atoms with Gasteiger partial charge in [0.2, 0.25) is 5.91 Å². The second-order valence-corrected chi connectivity index (χ2v) is 10.6. The second-order valence-electron chi connectivity index (χ2n) is 10.6. The fourth-order valence-corrected chi connectivity index (χ4v) is 5.28. The molecule has 7 heteroatoms. The van der Waals surface area contributed by atoms with Gasteiger partial charge in [0.1, 0.15) is 12.4 Å². The quantitative estimate of drug-likeness (QED) is 0.449. The van der Waals surface area contributed by atoms with Crippen molar-refractivity contribution in [3.63, 3.8) is 0 Å². The summed E-state index contributed by atoms with van der Waals surface area (Å²) in [5.41, 5.74) is 2.64. The van der Waals surface area contributed by atoms with E-state index < -0.39 is 5.60 Å². The van der Waals surface area contributed by atoms with Crippen LogP contribution in [0.2, 0.25) is 0 Å². The van der Waals surface area contributed by atoms with Crippen LogP contribution in [0.5, 0.6) is 17.2 Å². The van der Waals surface area contributed by atoms with Crippen LogP contribution in [0, 0.1) is 13.8 Å². The molecule has 2 aromatic rings. The largest absolute Gasteiger partial charge is 0.493 e. The number of carbonyl (C=O) groups is 1. The van der Waals surface area contributed by atoms with Gasteiger partial charge < -0.3 is 24.2 Å². The lowest BCUT2D eigenvalue weighted by atomic mass is 9.96. The summed E-state index contributed by atoms with van der Waals surface area (Å²) in [5, 5.41) is 11.3. The van der Waals surface area contributed by atoms with Gasteiger partial charge in [0.15, 0.2) is 11.5 Å². The Morgan fingerprint density at radius 3 is 2.54 bits per heavy atom. The highest BCUT2D eigenvalue weighted by atomic mass is 16.5. The molecule has 0 bridgehead atoms. The number of methoxy groups -OCH3 is 1. The molecule has 1 N–H and O–H groups in total. The van der Waals surface area contributed by atoms with E-state index in [1.807, 2.05) is 30.0 Å². The zero-order valence-electron chi connectivity index (χ0n) is 22.6. The lowest BCUT2D eigenvalue weighted by Crippen LogP contribution is -2.37. The van der Waals surface area contributed by atoms with Gasteiger partial charge in [0, 0.05) is 32.6 Å². The highest BCUT2D eigenvalue weighted by Crippen LogP contribution is 2.30. The van der Waals surface area contributed by atoms with Gasteiger partial charge in [-0.15, -0.1) is 0 Å². The zero-order valence-corrected chi connectivity index (χ0v) is 22.6. The monoisotopic (exact) mass is 510 g/mol. The van der Waals surface area contributed by atoms with Gasteiger partial charge in [0.05, 0.1) is 19.3 Å². The first-order chi connectivity index (χ1) is 17.8. The number of rotatable bonds is 11. The van der Waals surface area contributed by atoms with Gasteiger partial charge in [-0.05, 0) is 81.8 Å². The molecule has 202 valence electrons. The van der Waals surface area contributed by atoms with Crippen LogP contribution in [0.4, 0.5) is 0 Å². The number of benzene rings is 2. The maximum atomic E-state index is 11.8. The number of hydrogen-bond donors (Lipinski definition) is 1. The highest BCUT2D eigenvalue weighted by molar-refractivity contribution is 5.78. The van der Waals surface area contributed by atoms with E-state index in [2.05, 4.69) is 30.0 Å². The van der Waals surface area contributed by atoms with Crippen molar-refractivity contribution < 1.29 is 24.1 Å². The molecule has 2 aromatic carbocycles. The zero-order chi connectivity index (χ0) is 26.3. The smallest absolute Gasteiger partial charge is 0.222 e. The van der Waals surface area contributed by atoms with Gasteiger partial charge >= 0.3 is 0 Å². The number of amides is 1. The van der Waals surface area contributed by atoms with Gasteiger partial charge in [0.25, 0.3) is 0 Å². The molecule has 2 fully saturated rings. The molecular weight excluding hydrogens is 468 g/mol. The van der Waals surface area contributed by atoms with Crippen molar-refractivity contribution in [1.29, 1.82) is 0 Å². The maximum Gasteiger partial charge on any atom is 0.222 e. The van der Waals surface area contributed by atoms with Crippen LogP contribution in [-0.4, -0.2) is 72.9 Å². The second kappa shape index (κ2) is 12.7. The highest BCUT2D eigenvalue weighted by Gasteiger charge is 2.31. The molecule has 37 heavy (non-hydrogen) atoms. The normalized spacial score (nSPS) is 20.6. The van der Waals surface area contributed by atoms with Crippen LogP contribution in [0.25, 0.3) is 0 Å². The Hall–Kier alpha value is -2.77. The van der Waals surface area contributed by atoms with Crippen molar-refractivity contribution in [2.45, 2.75) is 64.5 Å². The van der Waals surface area contributed by atoms with Crippen molar-refractivity contribution in [3.05, 3.63) is 53.1 Å². The Kier molecular flexibility index (Phi) is 9.33. The predicted octanol–water partition coefficient (Wildman–Crippen LogP) is 4.50. The molecule has 2 heterocycles. The lowest BCUT2D eigenvalue weighted by molar-refractivity contribution is -0.127. The summed E-state index contributed by atoms with van der Waals surface area (Å²) in [6.45, 7) is 9.09. The summed E-state index contributed by atoms with van der Waals surface area (Å²) >= 11 is 0. The third-order valence-electron chi connectivity index (χ3n) is 7.47. The van der Waals surface area contributed by atoms with Crippen molar-refractivity contribution in [2.75, 3.05) is 46.5 Å². The average Bonchev–Trinajstić information content (AvgIpc) is 3.19. The number of likely N-dealkylation sites (tertiary alicyclic amines) is 2. The molecule has 7 nitrogen and oxygen atoms in total. The molecule has 0 aliphatic carbocycles. The fourth-order valence-electron chi connectivity index (χ4n) is 5.28. The van der Waals surface area contributed by atoms with Crippen LogP contribution >= 0.6 is 0 Å². The lowest BCUT2D eigenvalue weighted by Gasteiger charge is -2.27. The number of hydrogen-bond acceptors (Lipinski definition) is 6. The van der Waals surface area contributed by atoms with Gasteiger partial charge in [-0.3, -0.25) is 9.69 Å². The number of aryl methyl sites for hydroxylation is 2. The van der Waals surface area contributed by atoms with E-state index in [0.29, 0.717) is 26.1 Å². The molecule has 2 aliphatic rings. The Labute approximate surface area is 221 Å². The number of carbonyl (C=O) groups excluding carboxylic acids is 1. The molecular formula is C30H42N2O5. The Morgan fingerprint density at radius 2 is 1.78 bits per heavy atom. The molecule has 0 radical (unpaired) electrons. The summed E-state index contributed by atoms with van der Waals surface area (Å²) in [6.07, 6.45) is 4.75. The fraction of sp³-hybridized carbons (Fsp3) is 0.567. The first-order valence-corrected chi connectivity index (χ1v) is 13.6.